The number of nitrogens with one attached hydrogen (secondary N) is 1. The van der Waals surface area contributed by atoms with E-state index in [9.17, 15) is 4.79 Å². The Morgan fingerprint density at radius 1 is 1.24 bits per heavy atom. The number of carbonyl (C=O) groups excluding carboxylic acids is 1. The van der Waals surface area contributed by atoms with Gasteiger partial charge >= 0.3 is 0 Å². The Labute approximate surface area is 128 Å². The zero-order valence-corrected chi connectivity index (χ0v) is 13.2. The molecular formula is C18H26N2O. The number of hydrogen-bond donors (Lipinski definition) is 2. The van der Waals surface area contributed by atoms with Crippen LogP contribution < -0.4 is 11.1 Å². The third kappa shape index (κ3) is 6.97. The van der Waals surface area contributed by atoms with Gasteiger partial charge < -0.3 is 11.1 Å². The molecule has 0 fully saturated rings. The summed E-state index contributed by atoms with van der Waals surface area (Å²) in [6.45, 7) is 4.51. The van der Waals surface area contributed by atoms with E-state index in [0.717, 1.165) is 29.7 Å². The molecule has 21 heavy (non-hydrogen) atoms. The number of unbranched alkanes of at least 4 members (excludes halogenated alkanes) is 4. The minimum Gasteiger partial charge on any atom is -0.326 e. The van der Waals surface area contributed by atoms with Crippen molar-refractivity contribution in [3.05, 3.63) is 29.3 Å². The SMILES string of the molecule is CCCCCCCC(=O)Nc1cc(C#CCN)ccc1C. The zero-order valence-electron chi connectivity index (χ0n) is 13.2. The maximum absolute atomic E-state index is 12.0. The van der Waals surface area contributed by atoms with Crippen LogP contribution in [0.4, 0.5) is 5.69 Å². The molecule has 1 amide bonds. The van der Waals surface area contributed by atoms with Gasteiger partial charge in [-0.3, -0.25) is 4.79 Å². The highest BCUT2D eigenvalue weighted by molar-refractivity contribution is 5.91. The van der Waals surface area contributed by atoms with Crippen LogP contribution in [0.15, 0.2) is 18.2 Å². The molecule has 3 nitrogen and oxygen atoms in total. The Morgan fingerprint density at radius 2 is 2.00 bits per heavy atom. The van der Waals surface area contributed by atoms with Gasteiger partial charge in [-0.2, -0.15) is 0 Å². The van der Waals surface area contributed by atoms with Gasteiger partial charge in [-0.15, -0.1) is 0 Å². The van der Waals surface area contributed by atoms with E-state index in [-0.39, 0.29) is 5.91 Å². The summed E-state index contributed by atoms with van der Waals surface area (Å²) in [5.74, 6) is 5.89. The molecule has 0 unspecified atom stereocenters. The Hall–Kier alpha value is -1.79. The number of hydrogen-bond acceptors (Lipinski definition) is 2. The third-order valence-corrected chi connectivity index (χ3v) is 3.35. The summed E-state index contributed by atoms with van der Waals surface area (Å²) in [6.07, 6.45) is 6.36. The van der Waals surface area contributed by atoms with Gasteiger partial charge in [0.1, 0.15) is 0 Å². The molecule has 1 rings (SSSR count). The van der Waals surface area contributed by atoms with Crippen LogP contribution in [0, 0.1) is 18.8 Å². The lowest BCUT2D eigenvalue weighted by Crippen LogP contribution is -2.12. The second-order valence-corrected chi connectivity index (χ2v) is 5.25. The van der Waals surface area contributed by atoms with E-state index in [2.05, 4.69) is 24.1 Å². The number of benzene rings is 1. The fourth-order valence-corrected chi connectivity index (χ4v) is 2.09. The van der Waals surface area contributed by atoms with Crippen LogP contribution in [0.3, 0.4) is 0 Å². The first-order valence-electron chi connectivity index (χ1n) is 7.76. The predicted octanol–water partition coefficient (Wildman–Crippen LogP) is 3.60. The topological polar surface area (TPSA) is 55.1 Å². The van der Waals surface area contributed by atoms with Gasteiger partial charge in [-0.25, -0.2) is 0 Å². The highest BCUT2D eigenvalue weighted by Gasteiger charge is 2.05. The van der Waals surface area contributed by atoms with E-state index in [0.29, 0.717) is 13.0 Å². The van der Waals surface area contributed by atoms with E-state index in [4.69, 9.17) is 5.73 Å². The molecule has 0 radical (unpaired) electrons. The summed E-state index contributed by atoms with van der Waals surface area (Å²) in [7, 11) is 0. The predicted molar refractivity (Wildman–Crippen MR) is 89.1 cm³/mol. The van der Waals surface area contributed by atoms with Crippen LogP contribution in [-0.4, -0.2) is 12.5 Å². The molecule has 0 saturated heterocycles. The Bertz CT molecular complexity index is 512. The Balaban J connectivity index is 2.51. The van der Waals surface area contributed by atoms with E-state index in [1.807, 2.05) is 25.1 Å². The summed E-state index contributed by atoms with van der Waals surface area (Å²) in [5.41, 5.74) is 8.14. The fourth-order valence-electron chi connectivity index (χ4n) is 2.09. The maximum Gasteiger partial charge on any atom is 0.224 e. The lowest BCUT2D eigenvalue weighted by molar-refractivity contribution is -0.116. The number of carbonyl (C=O) groups is 1. The largest absolute Gasteiger partial charge is 0.326 e. The number of aryl methyl sites for hydroxylation is 1. The molecule has 3 N–H and O–H groups in total. The molecule has 0 saturated carbocycles. The van der Waals surface area contributed by atoms with Gasteiger partial charge in [0.25, 0.3) is 0 Å². The van der Waals surface area contributed by atoms with Gasteiger partial charge in [0, 0.05) is 17.7 Å². The van der Waals surface area contributed by atoms with E-state index in [1.54, 1.807) is 0 Å². The van der Waals surface area contributed by atoms with Crippen LogP contribution in [0.25, 0.3) is 0 Å². The highest BCUT2D eigenvalue weighted by Crippen LogP contribution is 2.17. The van der Waals surface area contributed by atoms with Crippen molar-refractivity contribution < 1.29 is 4.79 Å². The monoisotopic (exact) mass is 286 g/mol. The number of nitrogens with two attached hydrogens (primary N) is 1. The first-order chi connectivity index (χ1) is 10.2. The molecule has 0 aromatic heterocycles. The average molecular weight is 286 g/mol. The Morgan fingerprint density at radius 3 is 2.71 bits per heavy atom. The van der Waals surface area contributed by atoms with Gasteiger partial charge in [0.2, 0.25) is 5.91 Å². The van der Waals surface area contributed by atoms with Crippen molar-refractivity contribution in [3.8, 4) is 11.8 Å². The van der Waals surface area contributed by atoms with Crippen molar-refractivity contribution in [1.82, 2.24) is 0 Å². The van der Waals surface area contributed by atoms with Crippen LogP contribution in [-0.2, 0) is 4.79 Å². The zero-order chi connectivity index (χ0) is 15.5. The lowest BCUT2D eigenvalue weighted by Gasteiger charge is -2.09. The summed E-state index contributed by atoms with van der Waals surface area (Å²) < 4.78 is 0. The number of rotatable bonds is 7. The second kappa shape index (κ2) is 10.0. The molecule has 0 aliphatic carbocycles. The van der Waals surface area contributed by atoms with Crippen molar-refractivity contribution in [2.75, 3.05) is 11.9 Å². The van der Waals surface area contributed by atoms with Crippen LogP contribution in [0.1, 0.15) is 56.6 Å². The summed E-state index contributed by atoms with van der Waals surface area (Å²) >= 11 is 0. The van der Waals surface area contributed by atoms with Crippen molar-refractivity contribution in [2.24, 2.45) is 5.73 Å². The van der Waals surface area contributed by atoms with Crippen molar-refractivity contribution >= 4 is 11.6 Å². The number of anilines is 1. The first kappa shape index (κ1) is 17.3. The molecule has 114 valence electrons. The molecule has 1 aromatic carbocycles. The average Bonchev–Trinajstić information content (AvgIpc) is 2.48. The highest BCUT2D eigenvalue weighted by atomic mass is 16.1. The van der Waals surface area contributed by atoms with Gasteiger partial charge in [-0.1, -0.05) is 50.5 Å². The third-order valence-electron chi connectivity index (χ3n) is 3.35. The van der Waals surface area contributed by atoms with Crippen LogP contribution >= 0.6 is 0 Å². The van der Waals surface area contributed by atoms with Gasteiger partial charge in [0.05, 0.1) is 6.54 Å². The number of amides is 1. The molecule has 0 heterocycles. The standard InChI is InChI=1S/C18H26N2O/c1-3-4-5-6-7-10-18(21)20-17-14-16(9-8-13-19)12-11-15(17)2/h11-12,14H,3-7,10,13,19H2,1-2H3,(H,20,21). The van der Waals surface area contributed by atoms with Crippen LogP contribution in [0.2, 0.25) is 0 Å². The molecule has 0 aliphatic heterocycles. The maximum atomic E-state index is 12.0. The molecule has 0 atom stereocenters. The fraction of sp³-hybridized carbons (Fsp3) is 0.500. The summed E-state index contributed by atoms with van der Waals surface area (Å²) in [5, 5.41) is 2.98. The van der Waals surface area contributed by atoms with Crippen LogP contribution in [0.5, 0.6) is 0 Å². The van der Waals surface area contributed by atoms with E-state index < -0.39 is 0 Å². The molecular weight excluding hydrogens is 260 g/mol. The van der Waals surface area contributed by atoms with Gasteiger partial charge in [-0.05, 0) is 31.0 Å². The van der Waals surface area contributed by atoms with Crippen molar-refractivity contribution in [1.29, 1.82) is 0 Å². The van der Waals surface area contributed by atoms with Gasteiger partial charge in [0.15, 0.2) is 0 Å². The van der Waals surface area contributed by atoms with E-state index >= 15 is 0 Å². The first-order valence-corrected chi connectivity index (χ1v) is 7.76. The second-order valence-electron chi connectivity index (χ2n) is 5.25. The molecule has 0 aliphatic rings. The minimum atomic E-state index is 0.0820. The molecule has 0 bridgehead atoms. The quantitative estimate of drug-likeness (QED) is 0.594. The minimum absolute atomic E-state index is 0.0820. The summed E-state index contributed by atoms with van der Waals surface area (Å²) in [4.78, 5) is 12.0. The molecule has 3 heteroatoms. The lowest BCUT2D eigenvalue weighted by atomic mass is 10.1. The smallest absolute Gasteiger partial charge is 0.224 e. The van der Waals surface area contributed by atoms with E-state index in [1.165, 1.54) is 19.3 Å². The van der Waals surface area contributed by atoms with Crippen molar-refractivity contribution in [2.45, 2.75) is 52.4 Å². The Kier molecular flexibility index (Phi) is 8.23. The molecule has 1 aromatic rings. The summed E-state index contributed by atoms with van der Waals surface area (Å²) in [6, 6.07) is 5.82. The molecule has 0 spiro atoms. The normalized spacial score (nSPS) is 9.86. The van der Waals surface area contributed by atoms with Crippen molar-refractivity contribution in [3.63, 3.8) is 0 Å².